The van der Waals surface area contributed by atoms with Crippen LogP contribution in [0, 0.1) is 0 Å². The number of guanidine groups is 1. The largest absolute Gasteiger partial charge is 0.444 e. The third kappa shape index (κ3) is 9.00. The molecule has 0 bridgehead atoms. The molecule has 174 valence electrons. The maximum atomic E-state index is 12.0. The fourth-order valence-electron chi connectivity index (χ4n) is 3.08. The van der Waals surface area contributed by atoms with E-state index in [4.69, 9.17) is 4.74 Å². The molecule has 2 rings (SSSR count). The molecule has 0 aromatic carbocycles. The molecule has 1 aliphatic heterocycles. The second-order valence-corrected chi connectivity index (χ2v) is 9.61. The van der Waals surface area contributed by atoms with Crippen LogP contribution < -0.4 is 20.9 Å². The lowest BCUT2D eigenvalue weighted by atomic mass is 10.1. The van der Waals surface area contributed by atoms with E-state index in [9.17, 15) is 4.79 Å². The Morgan fingerprint density at radius 1 is 1.13 bits per heavy atom. The Bertz CT molecular complexity index is 733. The number of likely N-dealkylation sites (N-methyl/N-ethyl adjacent to an activating group) is 1. The Labute approximate surface area is 186 Å². The van der Waals surface area contributed by atoms with Gasteiger partial charge < -0.3 is 30.5 Å². The molecule has 31 heavy (non-hydrogen) atoms. The zero-order valence-electron chi connectivity index (χ0n) is 20.1. The predicted octanol–water partition coefficient (Wildman–Crippen LogP) is 1.80. The van der Waals surface area contributed by atoms with Gasteiger partial charge in [-0.15, -0.1) is 0 Å². The zero-order chi connectivity index (χ0) is 23.1. The number of carbonyl (C=O) groups is 1. The van der Waals surface area contributed by atoms with Gasteiger partial charge in [-0.25, -0.2) is 9.78 Å². The van der Waals surface area contributed by atoms with Crippen molar-refractivity contribution in [1.29, 1.82) is 0 Å². The van der Waals surface area contributed by atoms with Gasteiger partial charge in [-0.05, 0) is 53.3 Å². The van der Waals surface area contributed by atoms with Gasteiger partial charge >= 0.3 is 6.09 Å². The number of nitrogens with zero attached hydrogens (tertiary/aromatic N) is 4. The summed E-state index contributed by atoms with van der Waals surface area (Å²) < 4.78 is 5.33. The van der Waals surface area contributed by atoms with Crippen molar-refractivity contribution in [3.8, 4) is 0 Å². The maximum absolute atomic E-state index is 12.0. The number of piperazine rings is 1. The molecule has 0 radical (unpaired) electrons. The van der Waals surface area contributed by atoms with E-state index in [1.165, 1.54) is 0 Å². The molecule has 0 aliphatic carbocycles. The van der Waals surface area contributed by atoms with E-state index in [0.717, 1.165) is 37.6 Å². The summed E-state index contributed by atoms with van der Waals surface area (Å²) in [4.78, 5) is 25.6. The number of amides is 1. The minimum absolute atomic E-state index is 0.436. The van der Waals surface area contributed by atoms with Crippen molar-refractivity contribution in [2.24, 2.45) is 4.99 Å². The molecule has 1 aromatic heterocycles. The van der Waals surface area contributed by atoms with E-state index < -0.39 is 17.2 Å². The van der Waals surface area contributed by atoms with Crippen molar-refractivity contribution in [3.63, 3.8) is 0 Å². The molecule has 1 amide bonds. The summed E-state index contributed by atoms with van der Waals surface area (Å²) >= 11 is 0. The van der Waals surface area contributed by atoms with Gasteiger partial charge in [0.05, 0.1) is 5.54 Å². The molecule has 0 saturated carbocycles. The molecule has 9 nitrogen and oxygen atoms in total. The highest BCUT2D eigenvalue weighted by molar-refractivity contribution is 5.79. The highest BCUT2D eigenvalue weighted by Crippen LogP contribution is 2.13. The first-order chi connectivity index (χ1) is 14.5. The van der Waals surface area contributed by atoms with Crippen molar-refractivity contribution in [3.05, 3.63) is 23.9 Å². The first kappa shape index (κ1) is 24.7. The Balaban J connectivity index is 1.79. The first-order valence-electron chi connectivity index (χ1n) is 10.8. The number of pyridine rings is 1. The molecule has 1 saturated heterocycles. The number of alkyl carbamates (subject to hydrolysis) is 1. The van der Waals surface area contributed by atoms with E-state index in [1.807, 2.05) is 40.8 Å². The highest BCUT2D eigenvalue weighted by Gasteiger charge is 2.24. The smallest absolute Gasteiger partial charge is 0.408 e. The van der Waals surface area contributed by atoms with Crippen LogP contribution in [-0.2, 0) is 11.3 Å². The number of aromatic nitrogens is 1. The van der Waals surface area contributed by atoms with Gasteiger partial charge in [-0.1, -0.05) is 6.07 Å². The van der Waals surface area contributed by atoms with Gasteiger partial charge in [0.2, 0.25) is 0 Å². The fourth-order valence-corrected chi connectivity index (χ4v) is 3.08. The molecule has 0 spiro atoms. The Morgan fingerprint density at radius 2 is 1.81 bits per heavy atom. The van der Waals surface area contributed by atoms with Crippen molar-refractivity contribution >= 4 is 17.9 Å². The summed E-state index contributed by atoms with van der Waals surface area (Å²) in [7, 11) is 3.87. The SMILES string of the molecule is CN=C(NCc1ccc(N2CCN(C)CC2)nc1)NCC(C)(C)NC(=O)OC(C)(C)C. The third-order valence-electron chi connectivity index (χ3n) is 4.86. The minimum atomic E-state index is -0.529. The lowest BCUT2D eigenvalue weighted by molar-refractivity contribution is 0.0474. The van der Waals surface area contributed by atoms with Crippen LogP contribution in [0.1, 0.15) is 40.2 Å². The zero-order valence-corrected chi connectivity index (χ0v) is 20.1. The summed E-state index contributed by atoms with van der Waals surface area (Å²) in [5.74, 6) is 1.68. The molecular formula is C22H39N7O2. The minimum Gasteiger partial charge on any atom is -0.444 e. The highest BCUT2D eigenvalue weighted by atomic mass is 16.6. The summed E-state index contributed by atoms with van der Waals surface area (Å²) in [6, 6.07) is 4.17. The summed E-state index contributed by atoms with van der Waals surface area (Å²) in [5.41, 5.74) is 0.0390. The number of hydrogen-bond donors (Lipinski definition) is 3. The van der Waals surface area contributed by atoms with E-state index in [0.29, 0.717) is 19.0 Å². The third-order valence-corrected chi connectivity index (χ3v) is 4.86. The Morgan fingerprint density at radius 3 is 2.35 bits per heavy atom. The summed E-state index contributed by atoms with van der Waals surface area (Å²) in [6.45, 7) is 14.6. The standard InChI is InChI=1S/C22H39N7O2/c1-21(2,3)31-20(30)27-22(4,5)16-26-19(23-6)25-15-17-8-9-18(24-14-17)29-12-10-28(7)11-13-29/h8-9,14H,10-13,15-16H2,1-7H3,(H,27,30)(H2,23,25,26). The summed E-state index contributed by atoms with van der Waals surface area (Å²) in [6.07, 6.45) is 1.47. The van der Waals surface area contributed by atoms with Gasteiger partial charge in [0.1, 0.15) is 11.4 Å². The number of aliphatic imine (C=N–C) groups is 1. The lowest BCUT2D eigenvalue weighted by Gasteiger charge is -2.33. The molecule has 1 fully saturated rings. The molecule has 9 heteroatoms. The second-order valence-electron chi connectivity index (χ2n) is 9.61. The second kappa shape index (κ2) is 10.7. The summed E-state index contributed by atoms with van der Waals surface area (Å²) in [5, 5.41) is 9.42. The molecule has 3 N–H and O–H groups in total. The van der Waals surface area contributed by atoms with Gasteiger partial charge in [0, 0.05) is 52.5 Å². The Kier molecular flexibility index (Phi) is 8.50. The average molecular weight is 434 g/mol. The number of rotatable bonds is 6. The van der Waals surface area contributed by atoms with Crippen LogP contribution in [0.4, 0.5) is 10.6 Å². The predicted molar refractivity (Wildman–Crippen MR) is 126 cm³/mol. The van der Waals surface area contributed by atoms with E-state index in [1.54, 1.807) is 7.05 Å². The van der Waals surface area contributed by atoms with Crippen LogP contribution >= 0.6 is 0 Å². The number of hydrogen-bond acceptors (Lipinski definition) is 6. The van der Waals surface area contributed by atoms with E-state index in [-0.39, 0.29) is 0 Å². The van der Waals surface area contributed by atoms with Crippen LogP contribution in [0.3, 0.4) is 0 Å². The van der Waals surface area contributed by atoms with Crippen molar-refractivity contribution in [2.45, 2.75) is 52.3 Å². The van der Waals surface area contributed by atoms with Crippen LogP contribution in [-0.4, -0.2) is 79.9 Å². The van der Waals surface area contributed by atoms with E-state index >= 15 is 0 Å². The quantitative estimate of drug-likeness (QED) is 0.465. The van der Waals surface area contributed by atoms with Gasteiger partial charge in [0.25, 0.3) is 0 Å². The number of anilines is 1. The average Bonchev–Trinajstić information content (AvgIpc) is 2.67. The maximum Gasteiger partial charge on any atom is 0.408 e. The Hall–Kier alpha value is -2.55. The lowest BCUT2D eigenvalue weighted by Crippen LogP contribution is -2.54. The molecule has 0 unspecified atom stereocenters. The van der Waals surface area contributed by atoms with Gasteiger partial charge in [0.15, 0.2) is 5.96 Å². The molecular weight excluding hydrogens is 394 g/mol. The number of ether oxygens (including phenoxy) is 1. The fraction of sp³-hybridized carbons (Fsp3) is 0.682. The van der Waals surface area contributed by atoms with Gasteiger partial charge in [-0.2, -0.15) is 0 Å². The number of nitrogens with one attached hydrogen (secondary N) is 3. The monoisotopic (exact) mass is 433 g/mol. The molecule has 1 aromatic rings. The normalized spacial score (nSPS) is 16.1. The van der Waals surface area contributed by atoms with Crippen LogP contribution in [0.25, 0.3) is 0 Å². The van der Waals surface area contributed by atoms with Crippen LogP contribution in [0.5, 0.6) is 0 Å². The first-order valence-corrected chi connectivity index (χ1v) is 10.8. The van der Waals surface area contributed by atoms with Gasteiger partial charge in [-0.3, -0.25) is 4.99 Å². The molecule has 2 heterocycles. The topological polar surface area (TPSA) is 94.1 Å². The van der Waals surface area contributed by atoms with E-state index in [2.05, 4.69) is 54.9 Å². The van der Waals surface area contributed by atoms with Crippen molar-refractivity contribution in [2.75, 3.05) is 51.7 Å². The molecule has 0 atom stereocenters. The van der Waals surface area contributed by atoms with Crippen molar-refractivity contribution in [1.82, 2.24) is 25.8 Å². The van der Waals surface area contributed by atoms with Crippen LogP contribution in [0.15, 0.2) is 23.3 Å². The molecule has 1 aliphatic rings. The van der Waals surface area contributed by atoms with Crippen LogP contribution in [0.2, 0.25) is 0 Å². The van der Waals surface area contributed by atoms with Crippen molar-refractivity contribution < 1.29 is 9.53 Å². The number of carbonyl (C=O) groups excluding carboxylic acids is 1.